The monoisotopic (exact) mass is 258 g/mol. The van der Waals surface area contributed by atoms with Crippen LogP contribution in [0.2, 0.25) is 0 Å². The molecule has 1 N–H and O–H groups in total. The summed E-state index contributed by atoms with van der Waals surface area (Å²) in [6, 6.07) is 11.3. The molecule has 0 amide bonds. The number of benzene rings is 1. The molecule has 3 heteroatoms. The van der Waals surface area contributed by atoms with Crippen molar-refractivity contribution in [2.24, 2.45) is 0 Å². The summed E-state index contributed by atoms with van der Waals surface area (Å²) in [5, 5.41) is 3.50. The molecule has 1 aromatic heterocycles. The number of nitrogens with one attached hydrogen (secondary N) is 1. The van der Waals surface area contributed by atoms with Gasteiger partial charge in [0.25, 0.3) is 0 Å². The molecule has 1 unspecified atom stereocenters. The van der Waals surface area contributed by atoms with Crippen LogP contribution in [0.5, 0.6) is 0 Å². The Morgan fingerprint density at radius 1 is 1.21 bits per heavy atom. The maximum atomic E-state index is 13.1. The van der Waals surface area contributed by atoms with Gasteiger partial charge in [0, 0.05) is 24.5 Å². The molecule has 0 aliphatic carbocycles. The van der Waals surface area contributed by atoms with Crippen LogP contribution >= 0.6 is 0 Å². The minimum Gasteiger partial charge on any atom is -0.307 e. The topological polar surface area (TPSA) is 24.9 Å². The highest BCUT2D eigenvalue weighted by atomic mass is 19.1. The summed E-state index contributed by atoms with van der Waals surface area (Å²) in [6.07, 6.45) is 4.45. The average Bonchev–Trinajstić information content (AvgIpc) is 2.39. The largest absolute Gasteiger partial charge is 0.307 e. The minimum absolute atomic E-state index is 0.176. The molecule has 2 nitrogen and oxygen atoms in total. The smallest absolute Gasteiger partial charge is 0.123 e. The van der Waals surface area contributed by atoms with Gasteiger partial charge in [-0.3, -0.25) is 4.98 Å². The fraction of sp³-hybridized carbons (Fsp3) is 0.312. The molecule has 0 saturated carbocycles. The van der Waals surface area contributed by atoms with Crippen LogP contribution in [0.15, 0.2) is 48.8 Å². The number of rotatable bonds is 5. The van der Waals surface area contributed by atoms with Crippen molar-refractivity contribution in [1.29, 1.82) is 0 Å². The van der Waals surface area contributed by atoms with Crippen LogP contribution in [0.25, 0.3) is 0 Å². The highest BCUT2D eigenvalue weighted by Gasteiger charge is 2.10. The lowest BCUT2D eigenvalue weighted by molar-refractivity contribution is 0.475. The number of nitrogens with zero attached hydrogens (tertiary/aromatic N) is 1. The highest BCUT2D eigenvalue weighted by Crippen LogP contribution is 2.13. The van der Waals surface area contributed by atoms with Crippen LogP contribution in [0.3, 0.4) is 0 Å². The summed E-state index contributed by atoms with van der Waals surface area (Å²) in [5.74, 6) is -0.176. The molecule has 2 rings (SSSR count). The molecule has 100 valence electrons. The number of pyridine rings is 1. The normalized spacial score (nSPS) is 14.1. The van der Waals surface area contributed by atoms with E-state index in [2.05, 4.69) is 30.2 Å². The van der Waals surface area contributed by atoms with Gasteiger partial charge in [0.05, 0.1) is 0 Å². The van der Waals surface area contributed by atoms with Crippen LogP contribution in [-0.2, 0) is 6.42 Å². The fourth-order valence-electron chi connectivity index (χ4n) is 2.23. The molecule has 0 fully saturated rings. The van der Waals surface area contributed by atoms with Crippen molar-refractivity contribution >= 4 is 0 Å². The quantitative estimate of drug-likeness (QED) is 0.887. The molecular weight excluding hydrogens is 239 g/mol. The first kappa shape index (κ1) is 13.7. The number of hydrogen-bond acceptors (Lipinski definition) is 2. The molecular formula is C16H19FN2. The predicted molar refractivity (Wildman–Crippen MR) is 75.4 cm³/mol. The van der Waals surface area contributed by atoms with E-state index in [0.29, 0.717) is 0 Å². The van der Waals surface area contributed by atoms with Crippen LogP contribution in [-0.4, -0.2) is 11.0 Å². The third-order valence-electron chi connectivity index (χ3n) is 3.15. The SMILES string of the molecule is CC(Cc1cccc(F)c1)N[C@@H](C)c1cccnc1. The highest BCUT2D eigenvalue weighted by molar-refractivity contribution is 5.18. The Bertz CT molecular complexity index is 513. The predicted octanol–water partition coefficient (Wildman–Crippen LogP) is 3.50. The van der Waals surface area contributed by atoms with E-state index >= 15 is 0 Å². The second-order valence-electron chi connectivity index (χ2n) is 4.91. The zero-order valence-corrected chi connectivity index (χ0v) is 11.3. The Morgan fingerprint density at radius 2 is 2.05 bits per heavy atom. The van der Waals surface area contributed by atoms with Gasteiger partial charge < -0.3 is 5.32 Å². The van der Waals surface area contributed by atoms with Crippen molar-refractivity contribution in [3.05, 3.63) is 65.7 Å². The zero-order chi connectivity index (χ0) is 13.7. The summed E-state index contributed by atoms with van der Waals surface area (Å²) in [5.41, 5.74) is 2.17. The number of aromatic nitrogens is 1. The van der Waals surface area contributed by atoms with Crippen molar-refractivity contribution in [3.8, 4) is 0 Å². The van der Waals surface area contributed by atoms with Gasteiger partial charge in [-0.1, -0.05) is 18.2 Å². The minimum atomic E-state index is -0.176. The van der Waals surface area contributed by atoms with Crippen LogP contribution in [0.4, 0.5) is 4.39 Å². The summed E-state index contributed by atoms with van der Waals surface area (Å²) in [7, 11) is 0. The first-order chi connectivity index (χ1) is 9.15. The maximum absolute atomic E-state index is 13.1. The standard InChI is InChI=1S/C16H19FN2/c1-12(9-14-5-3-7-16(17)10-14)19-13(2)15-6-4-8-18-11-15/h3-8,10-13,19H,9H2,1-2H3/t12?,13-/m0/s1. The van der Waals surface area contributed by atoms with Gasteiger partial charge in [-0.25, -0.2) is 4.39 Å². The van der Waals surface area contributed by atoms with E-state index in [9.17, 15) is 4.39 Å². The van der Waals surface area contributed by atoms with Crippen molar-refractivity contribution in [2.75, 3.05) is 0 Å². The lowest BCUT2D eigenvalue weighted by atomic mass is 10.0. The Labute approximate surface area is 113 Å². The first-order valence-corrected chi connectivity index (χ1v) is 6.55. The van der Waals surface area contributed by atoms with Gasteiger partial charge in [-0.15, -0.1) is 0 Å². The molecule has 0 aliphatic rings. The van der Waals surface area contributed by atoms with Crippen LogP contribution < -0.4 is 5.32 Å². The third-order valence-corrected chi connectivity index (χ3v) is 3.15. The van der Waals surface area contributed by atoms with E-state index in [-0.39, 0.29) is 17.9 Å². The number of halogens is 1. The molecule has 0 bridgehead atoms. The molecule has 2 atom stereocenters. The van der Waals surface area contributed by atoms with Gasteiger partial charge in [-0.05, 0) is 49.6 Å². The first-order valence-electron chi connectivity index (χ1n) is 6.55. The lowest BCUT2D eigenvalue weighted by Crippen LogP contribution is -2.30. The van der Waals surface area contributed by atoms with Gasteiger partial charge in [-0.2, -0.15) is 0 Å². The summed E-state index contributed by atoms with van der Waals surface area (Å²) in [4.78, 5) is 4.12. The maximum Gasteiger partial charge on any atom is 0.123 e. The summed E-state index contributed by atoms with van der Waals surface area (Å²) >= 11 is 0. The van der Waals surface area contributed by atoms with Gasteiger partial charge in [0.15, 0.2) is 0 Å². The third kappa shape index (κ3) is 4.14. The fourth-order valence-corrected chi connectivity index (χ4v) is 2.23. The Morgan fingerprint density at radius 3 is 2.74 bits per heavy atom. The molecule has 0 saturated heterocycles. The number of hydrogen-bond donors (Lipinski definition) is 1. The molecule has 0 radical (unpaired) electrons. The second kappa shape index (κ2) is 6.43. The van der Waals surface area contributed by atoms with Crippen molar-refractivity contribution in [3.63, 3.8) is 0 Å². The molecule has 1 heterocycles. The molecule has 0 spiro atoms. The van der Waals surface area contributed by atoms with E-state index in [1.807, 2.05) is 18.3 Å². The van der Waals surface area contributed by atoms with E-state index in [1.165, 1.54) is 6.07 Å². The van der Waals surface area contributed by atoms with Crippen molar-refractivity contribution in [1.82, 2.24) is 10.3 Å². The van der Waals surface area contributed by atoms with Crippen molar-refractivity contribution in [2.45, 2.75) is 32.4 Å². The van der Waals surface area contributed by atoms with Gasteiger partial charge in [0.2, 0.25) is 0 Å². The Balaban J connectivity index is 1.92. The zero-order valence-electron chi connectivity index (χ0n) is 11.3. The molecule has 19 heavy (non-hydrogen) atoms. The van der Waals surface area contributed by atoms with Gasteiger partial charge in [0.1, 0.15) is 5.82 Å². The van der Waals surface area contributed by atoms with E-state index in [1.54, 1.807) is 18.3 Å². The Hall–Kier alpha value is -1.74. The second-order valence-corrected chi connectivity index (χ2v) is 4.91. The van der Waals surface area contributed by atoms with E-state index < -0.39 is 0 Å². The average molecular weight is 258 g/mol. The molecule has 2 aromatic rings. The van der Waals surface area contributed by atoms with Crippen LogP contribution in [0.1, 0.15) is 31.0 Å². The summed E-state index contributed by atoms with van der Waals surface area (Å²) < 4.78 is 13.1. The molecule has 1 aromatic carbocycles. The summed E-state index contributed by atoms with van der Waals surface area (Å²) in [6.45, 7) is 4.22. The molecule has 0 aliphatic heterocycles. The van der Waals surface area contributed by atoms with Crippen molar-refractivity contribution < 1.29 is 4.39 Å². The van der Waals surface area contributed by atoms with E-state index in [4.69, 9.17) is 0 Å². The van der Waals surface area contributed by atoms with E-state index in [0.717, 1.165) is 17.5 Å². The lowest BCUT2D eigenvalue weighted by Gasteiger charge is -2.20. The van der Waals surface area contributed by atoms with Crippen LogP contribution in [0, 0.1) is 5.82 Å². The van der Waals surface area contributed by atoms with Gasteiger partial charge >= 0.3 is 0 Å². The Kier molecular flexibility index (Phi) is 4.63.